The Balaban J connectivity index is 1.56. The largest absolute Gasteiger partial charge is 0.497 e. The van der Waals surface area contributed by atoms with E-state index < -0.39 is 49.6 Å². The topological polar surface area (TPSA) is 168 Å². The first-order valence-electron chi connectivity index (χ1n) is 21.6. The van der Waals surface area contributed by atoms with Crippen LogP contribution in [0.3, 0.4) is 0 Å². The lowest BCUT2D eigenvalue weighted by molar-refractivity contribution is -0.227. The van der Waals surface area contributed by atoms with Crippen LogP contribution in [0.2, 0.25) is 0 Å². The van der Waals surface area contributed by atoms with Gasteiger partial charge in [-0.3, -0.25) is 23.7 Å². The second kappa shape index (κ2) is 20.8. The first-order valence-corrected chi connectivity index (χ1v) is 22.8. The van der Waals surface area contributed by atoms with E-state index in [9.17, 15) is 24.4 Å². The number of nitrogens with one attached hydrogen (secondary N) is 1. The molecule has 15 nitrogen and oxygen atoms in total. The summed E-state index contributed by atoms with van der Waals surface area (Å²) in [5, 5.41) is 13.1. The zero-order valence-corrected chi connectivity index (χ0v) is 39.7. The standard InChI is InChI=1S/C49H62N5O10P/c1-32(2)54(33(3)4)65(59)64-48(58)30-43(53-31-34(5)45(55)50-47(53)57)62-44(48)42(28-29-52(8)46(56)35-16-22-39(23-17-35)51(6)7)63-49(36-14-12-11-13-15-36,37-18-24-40(60-9)25-19-37)38-20-26-41(61-10)27-21-38/h11-27,31-33,42-44,58-59H,28-30H2,1-10H3,(H,50,55,57)/t42?,43-,44-,48+,65?/m1/s1. The minimum atomic E-state index is -2.48. The maximum Gasteiger partial charge on any atom is 0.330 e. The van der Waals surface area contributed by atoms with Gasteiger partial charge in [0.05, 0.1) is 26.7 Å². The molecule has 2 heterocycles. The number of aryl methyl sites for hydroxylation is 1. The number of aromatic nitrogens is 2. The number of hydrogen-bond acceptors (Lipinski definition) is 12. The van der Waals surface area contributed by atoms with Crippen LogP contribution in [0, 0.1) is 6.92 Å². The first kappa shape index (κ1) is 49.1. The van der Waals surface area contributed by atoms with E-state index in [1.54, 1.807) is 49.9 Å². The smallest absolute Gasteiger partial charge is 0.330 e. The highest BCUT2D eigenvalue weighted by Gasteiger charge is 2.57. The second-order valence-electron chi connectivity index (χ2n) is 17.1. The number of benzene rings is 4. The number of aliphatic hydroxyl groups is 1. The number of H-pyrrole nitrogens is 1. The number of amides is 1. The predicted octanol–water partition coefficient (Wildman–Crippen LogP) is 6.80. The zero-order valence-electron chi connectivity index (χ0n) is 38.8. The van der Waals surface area contributed by atoms with Crippen LogP contribution >= 0.6 is 8.53 Å². The zero-order chi connectivity index (χ0) is 47.2. The molecule has 5 aromatic rings. The lowest BCUT2D eigenvalue weighted by Gasteiger charge is -2.44. The molecule has 0 saturated carbocycles. The van der Waals surface area contributed by atoms with Gasteiger partial charge in [0.15, 0.2) is 0 Å². The summed E-state index contributed by atoms with van der Waals surface area (Å²) < 4.78 is 35.1. The molecule has 0 bridgehead atoms. The van der Waals surface area contributed by atoms with Crippen molar-refractivity contribution < 1.29 is 38.3 Å². The average molecular weight is 912 g/mol. The van der Waals surface area contributed by atoms with Crippen molar-refractivity contribution in [1.29, 1.82) is 0 Å². The third-order valence-corrected chi connectivity index (χ3v) is 13.5. The monoisotopic (exact) mass is 911 g/mol. The number of carbonyl (C=O) groups excluding carboxylic acids is 1. The van der Waals surface area contributed by atoms with Crippen LogP contribution in [0.4, 0.5) is 5.69 Å². The van der Waals surface area contributed by atoms with Gasteiger partial charge in [0.1, 0.15) is 29.4 Å². The van der Waals surface area contributed by atoms with E-state index >= 15 is 0 Å². The van der Waals surface area contributed by atoms with Crippen molar-refractivity contribution in [1.82, 2.24) is 19.1 Å². The van der Waals surface area contributed by atoms with E-state index in [-0.39, 0.29) is 42.9 Å². The Labute approximate surface area is 382 Å². The van der Waals surface area contributed by atoms with E-state index in [1.165, 1.54) is 10.8 Å². The molecule has 16 heteroatoms. The molecule has 4 aromatic carbocycles. The molecule has 65 heavy (non-hydrogen) atoms. The number of nitrogens with zero attached hydrogens (tertiary/aromatic N) is 4. The third-order valence-electron chi connectivity index (χ3n) is 11.7. The highest BCUT2D eigenvalue weighted by molar-refractivity contribution is 7.43. The molecule has 1 fully saturated rings. The minimum absolute atomic E-state index is 0.0585. The van der Waals surface area contributed by atoms with Crippen LogP contribution in [0.15, 0.2) is 119 Å². The molecule has 1 saturated heterocycles. The molecule has 1 amide bonds. The molecule has 348 valence electrons. The Bertz CT molecular complexity index is 2410. The molecule has 0 radical (unpaired) electrons. The summed E-state index contributed by atoms with van der Waals surface area (Å²) in [4.78, 5) is 57.9. The lowest BCUT2D eigenvalue weighted by atomic mass is 9.79. The van der Waals surface area contributed by atoms with Crippen molar-refractivity contribution in [2.45, 2.75) is 89.4 Å². The highest BCUT2D eigenvalue weighted by atomic mass is 31.2. The molecule has 0 aliphatic carbocycles. The molecule has 2 unspecified atom stereocenters. The maximum absolute atomic E-state index is 14.1. The van der Waals surface area contributed by atoms with E-state index in [1.807, 2.05) is 138 Å². The van der Waals surface area contributed by atoms with Gasteiger partial charge in [0, 0.05) is 62.8 Å². The van der Waals surface area contributed by atoms with Gasteiger partial charge in [-0.15, -0.1) is 0 Å². The molecule has 0 spiro atoms. The molecule has 5 atom stereocenters. The highest BCUT2D eigenvalue weighted by Crippen LogP contribution is 2.52. The average Bonchev–Trinajstić information content (AvgIpc) is 3.63. The number of ether oxygens (including phenoxy) is 4. The van der Waals surface area contributed by atoms with Crippen LogP contribution in [-0.2, 0) is 19.6 Å². The molecule has 1 aromatic heterocycles. The van der Waals surface area contributed by atoms with Gasteiger partial charge in [0.25, 0.3) is 20.0 Å². The Morgan fingerprint density at radius 3 is 1.91 bits per heavy atom. The van der Waals surface area contributed by atoms with Crippen molar-refractivity contribution >= 4 is 20.1 Å². The van der Waals surface area contributed by atoms with Crippen molar-refractivity contribution in [2.24, 2.45) is 0 Å². The molecular weight excluding hydrogens is 850 g/mol. The molecule has 1 aliphatic rings. The SMILES string of the molecule is COc1ccc(C(OC(CCN(C)C(=O)c2ccc(N(C)C)cc2)[C@H]2O[C@@H](n3cc(C)c(=O)[nH]c3=O)C[C@]2(O)OP(O)N(C(C)C)C(C)C)(c2ccccc2)c2ccc(OC)cc2)cc1. The summed E-state index contributed by atoms with van der Waals surface area (Å²) in [7, 11) is 6.24. The predicted molar refractivity (Wildman–Crippen MR) is 251 cm³/mol. The fourth-order valence-electron chi connectivity index (χ4n) is 8.37. The van der Waals surface area contributed by atoms with Crippen LogP contribution < -0.4 is 25.6 Å². The normalized spacial score (nSPS) is 18.5. The quantitative estimate of drug-likeness (QED) is 0.0451. The minimum Gasteiger partial charge on any atom is -0.497 e. The number of methoxy groups -OCH3 is 2. The summed E-state index contributed by atoms with van der Waals surface area (Å²) in [6.07, 6.45) is -2.69. The molecule has 3 N–H and O–H groups in total. The summed E-state index contributed by atoms with van der Waals surface area (Å²) in [5.74, 6) is -1.33. The van der Waals surface area contributed by atoms with Gasteiger partial charge < -0.3 is 38.7 Å². The van der Waals surface area contributed by atoms with Crippen molar-refractivity contribution in [3.63, 3.8) is 0 Å². The number of hydrogen-bond donors (Lipinski definition) is 3. The molecule has 6 rings (SSSR count). The lowest BCUT2D eigenvalue weighted by Crippen LogP contribution is -2.52. The summed E-state index contributed by atoms with van der Waals surface area (Å²) >= 11 is 0. The van der Waals surface area contributed by atoms with E-state index in [2.05, 4.69) is 4.98 Å². The van der Waals surface area contributed by atoms with Crippen molar-refractivity contribution in [3.05, 3.63) is 158 Å². The van der Waals surface area contributed by atoms with Gasteiger partial charge >= 0.3 is 5.69 Å². The first-order chi connectivity index (χ1) is 30.9. The molecule has 1 aliphatic heterocycles. The van der Waals surface area contributed by atoms with Crippen LogP contribution in [0.25, 0.3) is 0 Å². The Kier molecular flexibility index (Phi) is 15.7. The van der Waals surface area contributed by atoms with E-state index in [0.29, 0.717) is 33.8 Å². The van der Waals surface area contributed by atoms with E-state index in [4.69, 9.17) is 23.5 Å². The van der Waals surface area contributed by atoms with Crippen LogP contribution in [0.1, 0.15) is 79.4 Å². The third kappa shape index (κ3) is 10.7. The Hall–Kier alpha value is -5.38. The van der Waals surface area contributed by atoms with E-state index in [0.717, 1.165) is 5.69 Å². The van der Waals surface area contributed by atoms with Crippen molar-refractivity contribution in [2.75, 3.05) is 46.8 Å². The fourth-order valence-corrected chi connectivity index (χ4v) is 9.72. The van der Waals surface area contributed by atoms with Crippen molar-refractivity contribution in [3.8, 4) is 11.5 Å². The van der Waals surface area contributed by atoms with Gasteiger partial charge in [-0.25, -0.2) is 9.46 Å². The fraction of sp³-hybridized carbons (Fsp3) is 0.408. The number of aromatic amines is 1. The van der Waals surface area contributed by atoms with Gasteiger partial charge in [-0.1, -0.05) is 54.6 Å². The van der Waals surface area contributed by atoms with Crippen LogP contribution in [0.5, 0.6) is 11.5 Å². The number of rotatable bonds is 19. The number of carbonyl (C=O) groups is 1. The Morgan fingerprint density at radius 2 is 1.40 bits per heavy atom. The Morgan fingerprint density at radius 1 is 0.862 bits per heavy atom. The van der Waals surface area contributed by atoms with Crippen LogP contribution in [-0.4, -0.2) is 107 Å². The summed E-state index contributed by atoms with van der Waals surface area (Å²) in [6.45, 7) is 9.32. The van der Waals surface area contributed by atoms with Gasteiger partial charge in [0.2, 0.25) is 5.79 Å². The summed E-state index contributed by atoms with van der Waals surface area (Å²) in [6, 6.07) is 31.5. The number of anilines is 1. The summed E-state index contributed by atoms with van der Waals surface area (Å²) in [5.41, 5.74) is 0.971. The van der Waals surface area contributed by atoms with Gasteiger partial charge in [-0.05, 0) is 106 Å². The van der Waals surface area contributed by atoms with Gasteiger partial charge in [-0.2, -0.15) is 0 Å². The second-order valence-corrected chi connectivity index (χ2v) is 18.2. The molecular formula is C49H62N5O10P. The maximum atomic E-state index is 14.1.